The van der Waals surface area contributed by atoms with Crippen LogP contribution < -0.4 is 5.32 Å². The first-order valence-electron chi connectivity index (χ1n) is 7.28. The van der Waals surface area contributed by atoms with Gasteiger partial charge in [0.25, 0.3) is 0 Å². The fraction of sp³-hybridized carbons (Fsp3) is 0.562. The van der Waals surface area contributed by atoms with Crippen molar-refractivity contribution in [1.82, 2.24) is 0 Å². The lowest BCUT2D eigenvalue weighted by Crippen LogP contribution is -2.22. The zero-order valence-electron chi connectivity index (χ0n) is 11.6. The first kappa shape index (κ1) is 13.9. The highest BCUT2D eigenvalue weighted by atomic mass is 16.4. The van der Waals surface area contributed by atoms with Gasteiger partial charge in [0.15, 0.2) is 0 Å². The molecule has 0 heterocycles. The molecule has 0 atom stereocenters. The predicted octanol–water partition coefficient (Wildman–Crippen LogP) is 4.22. The Hall–Kier alpha value is -1.51. The molecule has 19 heavy (non-hydrogen) atoms. The quantitative estimate of drug-likeness (QED) is 0.856. The number of aryl methyl sites for hydroxylation is 1. The summed E-state index contributed by atoms with van der Waals surface area (Å²) in [5.74, 6) is -0.850. The Bertz CT molecular complexity index is 434. The summed E-state index contributed by atoms with van der Waals surface area (Å²) in [6.07, 6.45) is 8.73. The van der Waals surface area contributed by atoms with Crippen LogP contribution in [0.4, 0.5) is 5.69 Å². The largest absolute Gasteiger partial charge is 0.478 e. The molecule has 0 spiro atoms. The maximum Gasteiger partial charge on any atom is 0.337 e. The van der Waals surface area contributed by atoms with Crippen LogP contribution in [-0.2, 0) is 0 Å². The van der Waals surface area contributed by atoms with Crippen LogP contribution in [0.15, 0.2) is 18.2 Å². The van der Waals surface area contributed by atoms with E-state index >= 15 is 0 Å². The fourth-order valence-electron chi connectivity index (χ4n) is 2.84. The van der Waals surface area contributed by atoms with Crippen molar-refractivity contribution < 1.29 is 9.90 Å². The van der Waals surface area contributed by atoms with Crippen LogP contribution >= 0.6 is 0 Å². The van der Waals surface area contributed by atoms with Gasteiger partial charge in [-0.25, -0.2) is 4.79 Å². The molecular weight excluding hydrogens is 238 g/mol. The van der Waals surface area contributed by atoms with Gasteiger partial charge in [-0.2, -0.15) is 0 Å². The Morgan fingerprint density at radius 3 is 2.42 bits per heavy atom. The summed E-state index contributed by atoms with van der Waals surface area (Å²) in [5, 5.41) is 12.8. The lowest BCUT2D eigenvalue weighted by molar-refractivity contribution is 0.0698. The minimum Gasteiger partial charge on any atom is -0.478 e. The predicted molar refractivity (Wildman–Crippen MR) is 77.9 cm³/mol. The molecule has 2 rings (SSSR count). The monoisotopic (exact) mass is 261 g/mol. The number of carboxylic acid groups (broad SMARTS) is 1. The number of carboxylic acids is 1. The maximum absolute atomic E-state index is 11.3. The Labute approximate surface area is 115 Å². The van der Waals surface area contributed by atoms with Crippen molar-refractivity contribution in [3.05, 3.63) is 29.3 Å². The molecule has 1 aliphatic carbocycles. The summed E-state index contributed by atoms with van der Waals surface area (Å²) in [4.78, 5) is 11.3. The summed E-state index contributed by atoms with van der Waals surface area (Å²) in [5.41, 5.74) is 2.21. The van der Waals surface area contributed by atoms with E-state index in [2.05, 4.69) is 5.32 Å². The standard InChI is InChI=1S/C16H23NO2/c1-12-8-7-11-14(16(18)19)15(12)17-13-9-5-3-2-4-6-10-13/h7-8,11,13,17H,2-6,9-10H2,1H3,(H,18,19). The number of para-hydroxylation sites is 1. The van der Waals surface area contributed by atoms with Crippen molar-refractivity contribution in [2.24, 2.45) is 0 Å². The topological polar surface area (TPSA) is 49.3 Å². The van der Waals surface area contributed by atoms with Crippen LogP contribution in [0, 0.1) is 6.92 Å². The molecule has 1 saturated carbocycles. The zero-order chi connectivity index (χ0) is 13.7. The molecule has 3 nitrogen and oxygen atoms in total. The smallest absolute Gasteiger partial charge is 0.337 e. The third-order valence-electron chi connectivity index (χ3n) is 3.96. The van der Waals surface area contributed by atoms with Gasteiger partial charge in [0, 0.05) is 6.04 Å². The van der Waals surface area contributed by atoms with Crippen molar-refractivity contribution in [1.29, 1.82) is 0 Å². The molecule has 3 heteroatoms. The van der Waals surface area contributed by atoms with Crippen LogP contribution in [0.5, 0.6) is 0 Å². The number of nitrogens with one attached hydrogen (secondary N) is 1. The maximum atomic E-state index is 11.3. The van der Waals surface area contributed by atoms with Crippen LogP contribution in [0.25, 0.3) is 0 Å². The average Bonchev–Trinajstić information content (AvgIpc) is 2.34. The van der Waals surface area contributed by atoms with Crippen molar-refractivity contribution in [3.8, 4) is 0 Å². The third kappa shape index (κ3) is 3.72. The van der Waals surface area contributed by atoms with Crippen LogP contribution in [0.1, 0.15) is 60.9 Å². The molecule has 1 aromatic rings. The number of anilines is 1. The van der Waals surface area contributed by atoms with E-state index in [0.29, 0.717) is 11.6 Å². The molecule has 0 saturated heterocycles. The molecule has 0 bridgehead atoms. The summed E-state index contributed by atoms with van der Waals surface area (Å²) in [6.45, 7) is 1.97. The van der Waals surface area contributed by atoms with E-state index in [1.807, 2.05) is 19.1 Å². The third-order valence-corrected chi connectivity index (χ3v) is 3.96. The van der Waals surface area contributed by atoms with Crippen LogP contribution in [0.2, 0.25) is 0 Å². The SMILES string of the molecule is Cc1cccc(C(=O)O)c1NC1CCCCCCC1. The van der Waals surface area contributed by atoms with Gasteiger partial charge >= 0.3 is 5.97 Å². The van der Waals surface area contributed by atoms with E-state index in [1.165, 1.54) is 32.1 Å². The summed E-state index contributed by atoms with van der Waals surface area (Å²) >= 11 is 0. The Morgan fingerprint density at radius 2 is 1.79 bits per heavy atom. The van der Waals surface area contributed by atoms with Gasteiger partial charge < -0.3 is 10.4 Å². The molecule has 0 aromatic heterocycles. The number of benzene rings is 1. The molecule has 0 radical (unpaired) electrons. The normalized spacial score (nSPS) is 17.5. The Balaban J connectivity index is 2.14. The highest BCUT2D eigenvalue weighted by molar-refractivity contribution is 5.95. The molecule has 0 unspecified atom stereocenters. The summed E-state index contributed by atoms with van der Waals surface area (Å²) < 4.78 is 0. The Morgan fingerprint density at radius 1 is 1.16 bits per heavy atom. The number of rotatable bonds is 3. The lowest BCUT2D eigenvalue weighted by Gasteiger charge is -2.24. The van der Waals surface area contributed by atoms with Gasteiger partial charge in [0.05, 0.1) is 11.3 Å². The first-order valence-corrected chi connectivity index (χ1v) is 7.28. The van der Waals surface area contributed by atoms with E-state index in [1.54, 1.807) is 6.07 Å². The molecular formula is C16H23NO2. The van der Waals surface area contributed by atoms with Crippen LogP contribution in [0.3, 0.4) is 0 Å². The van der Waals surface area contributed by atoms with E-state index in [4.69, 9.17) is 0 Å². The highest BCUT2D eigenvalue weighted by Crippen LogP contribution is 2.25. The van der Waals surface area contributed by atoms with Crippen molar-refractivity contribution in [3.63, 3.8) is 0 Å². The lowest BCUT2D eigenvalue weighted by atomic mass is 9.96. The van der Waals surface area contributed by atoms with Gasteiger partial charge in [0.2, 0.25) is 0 Å². The highest BCUT2D eigenvalue weighted by Gasteiger charge is 2.16. The number of carbonyl (C=O) groups is 1. The molecule has 2 N–H and O–H groups in total. The van der Waals surface area contributed by atoms with E-state index in [9.17, 15) is 9.90 Å². The fourth-order valence-corrected chi connectivity index (χ4v) is 2.84. The van der Waals surface area contributed by atoms with Crippen molar-refractivity contribution >= 4 is 11.7 Å². The molecule has 1 aliphatic rings. The summed E-state index contributed by atoms with van der Waals surface area (Å²) in [6, 6.07) is 5.87. The molecule has 104 valence electrons. The van der Waals surface area contributed by atoms with Crippen LogP contribution in [-0.4, -0.2) is 17.1 Å². The zero-order valence-corrected chi connectivity index (χ0v) is 11.6. The van der Waals surface area contributed by atoms with Crippen molar-refractivity contribution in [2.75, 3.05) is 5.32 Å². The first-order chi connectivity index (χ1) is 9.18. The number of aromatic carboxylic acids is 1. The van der Waals surface area contributed by atoms with E-state index in [-0.39, 0.29) is 0 Å². The van der Waals surface area contributed by atoms with Crippen molar-refractivity contribution in [2.45, 2.75) is 57.9 Å². The molecule has 1 aromatic carbocycles. The minimum absolute atomic E-state index is 0.391. The van der Waals surface area contributed by atoms with Gasteiger partial charge in [-0.05, 0) is 31.4 Å². The average molecular weight is 261 g/mol. The molecule has 1 fully saturated rings. The number of hydrogen-bond donors (Lipinski definition) is 2. The minimum atomic E-state index is -0.850. The molecule has 0 amide bonds. The second-order valence-corrected chi connectivity index (χ2v) is 5.49. The van der Waals surface area contributed by atoms with Gasteiger partial charge in [-0.15, -0.1) is 0 Å². The molecule has 0 aliphatic heterocycles. The second-order valence-electron chi connectivity index (χ2n) is 5.49. The van der Waals surface area contributed by atoms with Gasteiger partial charge in [-0.3, -0.25) is 0 Å². The second kappa shape index (κ2) is 6.60. The van der Waals surface area contributed by atoms with Gasteiger partial charge in [0.1, 0.15) is 0 Å². The van der Waals surface area contributed by atoms with E-state index in [0.717, 1.165) is 24.1 Å². The summed E-state index contributed by atoms with van der Waals surface area (Å²) in [7, 11) is 0. The van der Waals surface area contributed by atoms with E-state index < -0.39 is 5.97 Å². The number of hydrogen-bond acceptors (Lipinski definition) is 2. The van der Waals surface area contributed by atoms with Gasteiger partial charge in [-0.1, -0.05) is 44.2 Å². The Kier molecular flexibility index (Phi) is 4.83.